The van der Waals surface area contributed by atoms with Crippen LogP contribution < -0.4 is 10.6 Å². The van der Waals surface area contributed by atoms with Crippen molar-refractivity contribution in [3.63, 3.8) is 0 Å². The molecule has 1 aromatic heterocycles. The molecule has 1 saturated carbocycles. The number of aromatic nitrogens is 2. The van der Waals surface area contributed by atoms with E-state index in [9.17, 15) is 14.7 Å². The molecule has 0 saturated heterocycles. The molecule has 0 bridgehead atoms. The third-order valence-electron chi connectivity index (χ3n) is 4.75. The quantitative estimate of drug-likeness (QED) is 0.738. The number of anilines is 1. The molecule has 2 rings (SSSR count). The standard InChI is InChI=1S/C15H24N4O3S/c1-5-6-11-18-19-14(23-11)17-13(22)16-8(2)9-7-10(12(20)21)15(9,3)4/h8-10H,5-7H2,1-4H3,(H,20,21)(H2,16,17,19,22)/t8?,9-,10+/m0/s1. The van der Waals surface area contributed by atoms with Gasteiger partial charge in [0.25, 0.3) is 0 Å². The molecule has 7 nitrogen and oxygen atoms in total. The van der Waals surface area contributed by atoms with Crippen LogP contribution in [0.4, 0.5) is 9.93 Å². The van der Waals surface area contributed by atoms with E-state index < -0.39 is 5.97 Å². The van der Waals surface area contributed by atoms with E-state index in [2.05, 4.69) is 27.8 Å². The van der Waals surface area contributed by atoms with E-state index in [4.69, 9.17) is 0 Å². The topological polar surface area (TPSA) is 104 Å². The normalized spacial score (nSPS) is 23.7. The first-order chi connectivity index (χ1) is 10.8. The molecule has 23 heavy (non-hydrogen) atoms. The van der Waals surface area contributed by atoms with Gasteiger partial charge in [0.1, 0.15) is 5.01 Å². The molecule has 0 spiro atoms. The summed E-state index contributed by atoms with van der Waals surface area (Å²) in [6.07, 6.45) is 2.42. The number of carboxylic acids is 1. The maximum atomic E-state index is 12.1. The lowest BCUT2D eigenvalue weighted by Crippen LogP contribution is -2.57. The maximum Gasteiger partial charge on any atom is 0.321 e. The molecular formula is C15H24N4O3S. The average molecular weight is 340 g/mol. The van der Waals surface area contributed by atoms with Gasteiger partial charge in [-0.15, -0.1) is 10.2 Å². The summed E-state index contributed by atoms with van der Waals surface area (Å²) in [5.74, 6) is -0.973. The molecule has 0 aromatic carbocycles. The van der Waals surface area contributed by atoms with Gasteiger partial charge in [0.15, 0.2) is 0 Å². The van der Waals surface area contributed by atoms with Crippen LogP contribution in [0.1, 0.15) is 45.5 Å². The van der Waals surface area contributed by atoms with Gasteiger partial charge in [-0.1, -0.05) is 32.1 Å². The highest BCUT2D eigenvalue weighted by atomic mass is 32.1. The zero-order valence-corrected chi connectivity index (χ0v) is 14.7. The fourth-order valence-corrected chi connectivity index (χ4v) is 4.12. The number of rotatable bonds is 6. The molecule has 0 radical (unpaired) electrons. The molecule has 1 aliphatic carbocycles. The van der Waals surface area contributed by atoms with Crippen molar-refractivity contribution < 1.29 is 14.7 Å². The largest absolute Gasteiger partial charge is 0.481 e. The van der Waals surface area contributed by atoms with Gasteiger partial charge in [0.2, 0.25) is 5.13 Å². The van der Waals surface area contributed by atoms with Gasteiger partial charge in [-0.3, -0.25) is 10.1 Å². The van der Waals surface area contributed by atoms with Gasteiger partial charge in [0, 0.05) is 12.5 Å². The Hall–Kier alpha value is -1.70. The molecule has 3 N–H and O–H groups in total. The number of aliphatic carboxylic acids is 1. The fraction of sp³-hybridized carbons (Fsp3) is 0.733. The van der Waals surface area contributed by atoms with Crippen LogP contribution in [0.15, 0.2) is 0 Å². The van der Waals surface area contributed by atoms with E-state index in [-0.39, 0.29) is 29.3 Å². The molecule has 1 fully saturated rings. The number of carbonyl (C=O) groups excluding carboxylic acids is 1. The van der Waals surface area contributed by atoms with Crippen molar-refractivity contribution in [1.82, 2.24) is 15.5 Å². The minimum atomic E-state index is -0.764. The van der Waals surface area contributed by atoms with Crippen molar-refractivity contribution in [2.24, 2.45) is 17.3 Å². The fourth-order valence-electron chi connectivity index (χ4n) is 3.29. The Morgan fingerprint density at radius 1 is 1.43 bits per heavy atom. The monoisotopic (exact) mass is 340 g/mol. The second-order valence-electron chi connectivity index (χ2n) is 6.69. The first-order valence-corrected chi connectivity index (χ1v) is 8.70. The summed E-state index contributed by atoms with van der Waals surface area (Å²) < 4.78 is 0. The van der Waals surface area contributed by atoms with E-state index in [1.54, 1.807) is 0 Å². The van der Waals surface area contributed by atoms with Crippen LogP contribution >= 0.6 is 11.3 Å². The number of amides is 2. The van der Waals surface area contributed by atoms with Crippen LogP contribution in [-0.2, 0) is 11.2 Å². The summed E-state index contributed by atoms with van der Waals surface area (Å²) in [5.41, 5.74) is -0.324. The first kappa shape index (κ1) is 17.7. The third kappa shape index (κ3) is 3.80. The average Bonchev–Trinajstić information content (AvgIpc) is 2.84. The van der Waals surface area contributed by atoms with Crippen molar-refractivity contribution in [3.8, 4) is 0 Å². The van der Waals surface area contributed by atoms with Crippen molar-refractivity contribution in [3.05, 3.63) is 5.01 Å². The summed E-state index contributed by atoms with van der Waals surface area (Å²) in [6, 6.07) is -0.435. The Morgan fingerprint density at radius 2 is 2.13 bits per heavy atom. The number of carbonyl (C=O) groups is 2. The smallest absolute Gasteiger partial charge is 0.321 e. The summed E-state index contributed by atoms with van der Waals surface area (Å²) in [6.45, 7) is 7.86. The van der Waals surface area contributed by atoms with Crippen LogP contribution in [0.3, 0.4) is 0 Å². The van der Waals surface area contributed by atoms with E-state index >= 15 is 0 Å². The number of aryl methyl sites for hydroxylation is 1. The molecule has 1 aliphatic rings. The predicted octanol–water partition coefficient (Wildman–Crippen LogP) is 2.75. The second-order valence-corrected chi connectivity index (χ2v) is 7.75. The highest BCUT2D eigenvalue weighted by Crippen LogP contribution is 2.52. The molecule has 8 heteroatoms. The summed E-state index contributed by atoms with van der Waals surface area (Å²) in [4.78, 5) is 23.2. The SMILES string of the molecule is CCCc1nnc(NC(=O)NC(C)[C@@H]2C[C@H](C(=O)O)C2(C)C)s1. The number of urea groups is 1. The van der Waals surface area contributed by atoms with Gasteiger partial charge in [0.05, 0.1) is 5.92 Å². The Kier molecular flexibility index (Phi) is 5.23. The lowest BCUT2D eigenvalue weighted by atomic mass is 9.53. The lowest BCUT2D eigenvalue weighted by molar-refractivity contribution is -0.160. The van der Waals surface area contributed by atoms with Gasteiger partial charge in [-0.25, -0.2) is 4.79 Å². The Bertz CT molecular complexity index is 587. The van der Waals surface area contributed by atoms with Crippen molar-refractivity contribution >= 4 is 28.5 Å². The third-order valence-corrected chi connectivity index (χ3v) is 5.65. The maximum absolute atomic E-state index is 12.1. The van der Waals surface area contributed by atoms with Crippen LogP contribution in [0.25, 0.3) is 0 Å². The summed E-state index contributed by atoms with van der Waals surface area (Å²) >= 11 is 1.37. The predicted molar refractivity (Wildman–Crippen MR) is 88.5 cm³/mol. The minimum absolute atomic E-state index is 0.108. The minimum Gasteiger partial charge on any atom is -0.481 e. The van der Waals surface area contributed by atoms with Gasteiger partial charge in [-0.2, -0.15) is 0 Å². The van der Waals surface area contributed by atoms with Gasteiger partial charge >= 0.3 is 12.0 Å². The van der Waals surface area contributed by atoms with Crippen LogP contribution in [0.2, 0.25) is 0 Å². The van der Waals surface area contributed by atoms with Gasteiger partial charge in [-0.05, 0) is 31.1 Å². The number of nitrogens with zero attached hydrogens (tertiary/aromatic N) is 2. The number of hydrogen-bond acceptors (Lipinski definition) is 5. The molecule has 2 amide bonds. The van der Waals surface area contributed by atoms with Crippen LogP contribution in [-0.4, -0.2) is 33.3 Å². The molecule has 1 aromatic rings. The van der Waals surface area contributed by atoms with Crippen molar-refractivity contribution in [2.75, 3.05) is 5.32 Å². The Labute approximate surface area is 139 Å². The number of nitrogens with one attached hydrogen (secondary N) is 2. The van der Waals surface area contributed by atoms with E-state index in [1.807, 2.05) is 20.8 Å². The molecule has 1 heterocycles. The Balaban J connectivity index is 1.86. The molecule has 3 atom stereocenters. The molecule has 0 aliphatic heterocycles. The van der Waals surface area contributed by atoms with E-state index in [1.165, 1.54) is 11.3 Å². The zero-order valence-electron chi connectivity index (χ0n) is 13.9. The van der Waals surface area contributed by atoms with Crippen molar-refractivity contribution in [1.29, 1.82) is 0 Å². The lowest BCUT2D eigenvalue weighted by Gasteiger charge is -2.52. The summed E-state index contributed by atoms with van der Waals surface area (Å²) in [7, 11) is 0. The van der Waals surface area contributed by atoms with Crippen molar-refractivity contribution in [2.45, 2.75) is 53.0 Å². The first-order valence-electron chi connectivity index (χ1n) is 7.88. The highest BCUT2D eigenvalue weighted by molar-refractivity contribution is 7.15. The molecule has 1 unspecified atom stereocenters. The number of carboxylic acid groups (broad SMARTS) is 1. The second kappa shape index (κ2) is 6.82. The van der Waals surface area contributed by atoms with E-state index in [0.717, 1.165) is 17.8 Å². The van der Waals surface area contributed by atoms with Crippen LogP contribution in [0, 0.1) is 17.3 Å². The Morgan fingerprint density at radius 3 is 2.70 bits per heavy atom. The highest BCUT2D eigenvalue weighted by Gasteiger charge is 2.53. The van der Waals surface area contributed by atoms with E-state index in [0.29, 0.717) is 11.6 Å². The van der Waals surface area contributed by atoms with Crippen LogP contribution in [0.5, 0.6) is 0 Å². The zero-order chi connectivity index (χ0) is 17.2. The summed E-state index contributed by atoms with van der Waals surface area (Å²) in [5, 5.41) is 24.1. The number of hydrogen-bond donors (Lipinski definition) is 3. The molecular weight excluding hydrogens is 316 g/mol. The molecule has 128 valence electrons. The van der Waals surface area contributed by atoms with Gasteiger partial charge < -0.3 is 10.4 Å².